The molecule has 0 N–H and O–H groups in total. The van der Waals surface area contributed by atoms with Gasteiger partial charge in [0.15, 0.2) is 5.78 Å². The first-order valence-electron chi connectivity index (χ1n) is 6.70. The van der Waals surface area contributed by atoms with Gasteiger partial charge >= 0.3 is 0 Å². The molecule has 2 heterocycles. The van der Waals surface area contributed by atoms with Gasteiger partial charge in [-0.2, -0.15) is 0 Å². The van der Waals surface area contributed by atoms with Crippen molar-refractivity contribution in [2.75, 3.05) is 7.11 Å². The van der Waals surface area contributed by atoms with E-state index in [0.29, 0.717) is 23.5 Å². The van der Waals surface area contributed by atoms with Crippen molar-refractivity contribution in [3.8, 4) is 11.5 Å². The summed E-state index contributed by atoms with van der Waals surface area (Å²) in [5, 5.41) is 0. The van der Waals surface area contributed by atoms with Gasteiger partial charge in [0.25, 0.3) is 0 Å². The largest absolute Gasteiger partial charge is 0.497 e. The first kappa shape index (κ1) is 12.5. The summed E-state index contributed by atoms with van der Waals surface area (Å²) >= 11 is 0. The molecule has 19 heavy (non-hydrogen) atoms. The molecular weight excluding hydrogens is 244 g/mol. The zero-order chi connectivity index (χ0) is 13.4. The van der Waals surface area contributed by atoms with Crippen LogP contribution in [0.2, 0.25) is 0 Å². The molecule has 2 aliphatic rings. The van der Waals surface area contributed by atoms with Gasteiger partial charge in [-0.25, -0.2) is 0 Å². The molecule has 0 aromatic heterocycles. The molecule has 1 aromatic carbocycles. The molecule has 1 aromatic rings. The second-order valence-electron chi connectivity index (χ2n) is 5.21. The molecule has 0 spiro atoms. The molecule has 102 valence electrons. The van der Waals surface area contributed by atoms with Gasteiger partial charge in [0.05, 0.1) is 31.3 Å². The summed E-state index contributed by atoms with van der Waals surface area (Å²) in [6.07, 6.45) is 2.53. The zero-order valence-electron chi connectivity index (χ0n) is 11.2. The van der Waals surface area contributed by atoms with Crippen molar-refractivity contribution >= 4 is 5.78 Å². The van der Waals surface area contributed by atoms with Crippen LogP contribution < -0.4 is 9.47 Å². The molecule has 0 amide bonds. The second-order valence-corrected chi connectivity index (χ2v) is 5.21. The normalized spacial score (nSPS) is 29.8. The van der Waals surface area contributed by atoms with Crippen molar-refractivity contribution in [1.29, 1.82) is 0 Å². The number of carbonyl (C=O) groups is 1. The number of fused-ring (bicyclic) bond motifs is 1. The van der Waals surface area contributed by atoms with Crippen molar-refractivity contribution in [1.82, 2.24) is 0 Å². The number of ether oxygens (including phenoxy) is 3. The van der Waals surface area contributed by atoms with Gasteiger partial charge in [0.1, 0.15) is 17.6 Å². The molecule has 4 nitrogen and oxygen atoms in total. The van der Waals surface area contributed by atoms with E-state index in [0.717, 1.165) is 12.8 Å². The number of hydrogen-bond acceptors (Lipinski definition) is 4. The molecule has 2 aliphatic heterocycles. The van der Waals surface area contributed by atoms with Gasteiger partial charge in [-0.3, -0.25) is 4.79 Å². The van der Waals surface area contributed by atoms with E-state index >= 15 is 0 Å². The quantitative estimate of drug-likeness (QED) is 0.821. The molecule has 3 rings (SSSR count). The van der Waals surface area contributed by atoms with Crippen LogP contribution in [-0.2, 0) is 4.74 Å². The Morgan fingerprint density at radius 2 is 2.11 bits per heavy atom. The third-order valence-electron chi connectivity index (χ3n) is 3.83. The summed E-state index contributed by atoms with van der Waals surface area (Å²) in [7, 11) is 1.59. The standard InChI is InChI=1S/C15H18O4/c1-9-3-5-14(18-9)15-8-12(16)11-7-10(17-2)4-6-13(11)19-15/h4,6-7,9,14-15H,3,5,8H2,1-2H3. The van der Waals surface area contributed by atoms with Crippen molar-refractivity contribution in [2.24, 2.45) is 0 Å². The van der Waals surface area contributed by atoms with Gasteiger partial charge in [-0.05, 0) is 38.0 Å². The second kappa shape index (κ2) is 4.85. The van der Waals surface area contributed by atoms with Gasteiger partial charge in [0, 0.05) is 0 Å². The van der Waals surface area contributed by atoms with Crippen LogP contribution in [0.25, 0.3) is 0 Å². The minimum Gasteiger partial charge on any atom is -0.497 e. The summed E-state index contributed by atoms with van der Waals surface area (Å²) in [5.74, 6) is 1.43. The van der Waals surface area contributed by atoms with Crippen molar-refractivity contribution in [3.63, 3.8) is 0 Å². The third-order valence-corrected chi connectivity index (χ3v) is 3.83. The topological polar surface area (TPSA) is 44.8 Å². The van der Waals surface area contributed by atoms with E-state index < -0.39 is 0 Å². The molecule has 3 unspecified atom stereocenters. The fourth-order valence-electron chi connectivity index (χ4n) is 2.77. The number of methoxy groups -OCH3 is 1. The van der Waals surface area contributed by atoms with Gasteiger partial charge in [0.2, 0.25) is 0 Å². The minimum absolute atomic E-state index is 0.0363. The van der Waals surface area contributed by atoms with Crippen LogP contribution in [0.3, 0.4) is 0 Å². The summed E-state index contributed by atoms with van der Waals surface area (Å²) in [6, 6.07) is 5.36. The molecule has 3 atom stereocenters. The highest BCUT2D eigenvalue weighted by Crippen LogP contribution is 2.34. The van der Waals surface area contributed by atoms with Crippen LogP contribution in [-0.4, -0.2) is 31.2 Å². The average Bonchev–Trinajstić information content (AvgIpc) is 2.85. The first-order valence-corrected chi connectivity index (χ1v) is 6.70. The number of hydrogen-bond donors (Lipinski definition) is 0. The van der Waals surface area contributed by atoms with Gasteiger partial charge in [-0.1, -0.05) is 0 Å². The third kappa shape index (κ3) is 2.32. The lowest BCUT2D eigenvalue weighted by Gasteiger charge is -2.29. The predicted octanol–water partition coefficient (Wildman–Crippen LogP) is 2.60. The Hall–Kier alpha value is -1.55. The minimum atomic E-state index is -0.154. The number of rotatable bonds is 2. The number of benzene rings is 1. The average molecular weight is 262 g/mol. The SMILES string of the molecule is COc1ccc2c(c1)C(=O)CC(C1CCC(C)O1)O2. The van der Waals surface area contributed by atoms with Gasteiger partial charge in [-0.15, -0.1) is 0 Å². The Morgan fingerprint density at radius 3 is 2.79 bits per heavy atom. The van der Waals surface area contributed by atoms with E-state index in [9.17, 15) is 4.79 Å². The zero-order valence-corrected chi connectivity index (χ0v) is 11.2. The van der Waals surface area contributed by atoms with E-state index in [2.05, 4.69) is 6.92 Å². The Kier molecular flexibility index (Phi) is 3.19. The number of carbonyl (C=O) groups excluding carboxylic acids is 1. The van der Waals surface area contributed by atoms with E-state index in [1.165, 1.54) is 0 Å². The van der Waals surface area contributed by atoms with Crippen LogP contribution in [0.4, 0.5) is 0 Å². The molecular formula is C15H18O4. The number of Topliss-reactive ketones (excluding diaryl/α,β-unsaturated/α-hetero) is 1. The van der Waals surface area contributed by atoms with Crippen LogP contribution in [0.1, 0.15) is 36.5 Å². The van der Waals surface area contributed by atoms with E-state index in [-0.39, 0.29) is 24.1 Å². The predicted molar refractivity (Wildman–Crippen MR) is 69.9 cm³/mol. The maximum Gasteiger partial charge on any atom is 0.170 e. The maximum atomic E-state index is 12.2. The molecule has 1 fully saturated rings. The van der Waals surface area contributed by atoms with Gasteiger partial charge < -0.3 is 14.2 Å². The van der Waals surface area contributed by atoms with E-state index in [4.69, 9.17) is 14.2 Å². The Bertz CT molecular complexity index is 497. The molecule has 0 bridgehead atoms. The number of ketones is 1. The highest BCUT2D eigenvalue weighted by Gasteiger charge is 2.36. The molecule has 4 heteroatoms. The molecule has 0 aliphatic carbocycles. The fourth-order valence-corrected chi connectivity index (χ4v) is 2.77. The lowest BCUT2D eigenvalue weighted by Crippen LogP contribution is -2.37. The first-order chi connectivity index (χ1) is 9.17. The summed E-state index contributed by atoms with van der Waals surface area (Å²) < 4.78 is 16.9. The highest BCUT2D eigenvalue weighted by molar-refractivity contribution is 6.00. The molecule has 0 saturated carbocycles. The van der Waals surface area contributed by atoms with E-state index in [1.807, 2.05) is 6.07 Å². The van der Waals surface area contributed by atoms with E-state index in [1.54, 1.807) is 19.2 Å². The summed E-state index contributed by atoms with van der Waals surface area (Å²) in [6.45, 7) is 2.06. The van der Waals surface area contributed by atoms with Crippen molar-refractivity contribution < 1.29 is 19.0 Å². The van der Waals surface area contributed by atoms with Crippen LogP contribution in [0.15, 0.2) is 18.2 Å². The van der Waals surface area contributed by atoms with Crippen LogP contribution >= 0.6 is 0 Å². The molecule has 1 saturated heterocycles. The Morgan fingerprint density at radius 1 is 1.26 bits per heavy atom. The lowest BCUT2D eigenvalue weighted by molar-refractivity contribution is -0.0215. The Balaban J connectivity index is 1.82. The Labute approximate surface area is 112 Å². The fraction of sp³-hybridized carbons (Fsp3) is 0.533. The smallest absolute Gasteiger partial charge is 0.170 e. The summed E-state index contributed by atoms with van der Waals surface area (Å²) in [5.41, 5.74) is 0.613. The van der Waals surface area contributed by atoms with Crippen LogP contribution in [0, 0.1) is 0 Å². The highest BCUT2D eigenvalue weighted by atomic mass is 16.6. The van der Waals surface area contributed by atoms with Crippen molar-refractivity contribution in [3.05, 3.63) is 23.8 Å². The van der Waals surface area contributed by atoms with Crippen LogP contribution in [0.5, 0.6) is 11.5 Å². The maximum absolute atomic E-state index is 12.2. The summed E-state index contributed by atoms with van der Waals surface area (Å²) in [4.78, 5) is 12.2. The lowest BCUT2D eigenvalue weighted by atomic mass is 9.96. The van der Waals surface area contributed by atoms with Crippen molar-refractivity contribution in [2.45, 2.75) is 44.5 Å². The molecule has 0 radical (unpaired) electrons. The monoisotopic (exact) mass is 262 g/mol.